The molecule has 192 valence electrons. The van der Waals surface area contributed by atoms with Gasteiger partial charge >= 0.3 is 6.18 Å². The first kappa shape index (κ1) is 26.7. The van der Waals surface area contributed by atoms with Gasteiger partial charge < -0.3 is 19.1 Å². The number of benzene rings is 2. The highest BCUT2D eigenvalue weighted by molar-refractivity contribution is 7.90. The number of rotatable bonds is 8. The molecule has 2 aromatic rings. The first-order valence-corrected chi connectivity index (χ1v) is 12.8. The number of carbonyl (C=O) groups excluding carboxylic acids is 1. The number of ether oxygens (including phenoxy) is 3. The topological polar surface area (TPSA) is 82.1 Å². The number of nitrogens with zero attached hydrogens (tertiary/aromatic N) is 1. The number of amides is 1. The van der Waals surface area contributed by atoms with Gasteiger partial charge in [0.05, 0.1) is 32.6 Å². The predicted octanol–water partition coefficient (Wildman–Crippen LogP) is 3.95. The maximum absolute atomic E-state index is 13.4. The van der Waals surface area contributed by atoms with Gasteiger partial charge in [-0.15, -0.1) is 0 Å². The molecule has 35 heavy (non-hydrogen) atoms. The van der Waals surface area contributed by atoms with Gasteiger partial charge in [0.15, 0.2) is 11.5 Å². The highest BCUT2D eigenvalue weighted by Crippen LogP contribution is 2.42. The van der Waals surface area contributed by atoms with Crippen molar-refractivity contribution in [3.8, 4) is 17.2 Å². The lowest BCUT2D eigenvalue weighted by Crippen LogP contribution is -2.36. The van der Waals surface area contributed by atoms with Gasteiger partial charge in [-0.3, -0.25) is 4.79 Å². The molecule has 1 aliphatic heterocycles. The van der Waals surface area contributed by atoms with Crippen molar-refractivity contribution >= 4 is 15.7 Å². The molecular formula is C24H28F3NO6S. The molecule has 2 aromatic carbocycles. The lowest BCUT2D eigenvalue weighted by Gasteiger charge is -2.30. The Balaban J connectivity index is 1.95. The SMILES string of the molecule is COc1cc(C(=O)N2CCC(CCS(C)(=O)=O)(c3ccc(C(F)(F)F)cc3)C2)cc(OC)c1OC. The van der Waals surface area contributed by atoms with Crippen molar-refractivity contribution in [2.75, 3.05) is 46.4 Å². The summed E-state index contributed by atoms with van der Waals surface area (Å²) in [5, 5.41) is 0. The molecule has 0 radical (unpaired) electrons. The molecular weight excluding hydrogens is 487 g/mol. The average molecular weight is 516 g/mol. The Morgan fingerprint density at radius 1 is 1.03 bits per heavy atom. The van der Waals surface area contributed by atoms with Crippen molar-refractivity contribution < 1.29 is 40.6 Å². The van der Waals surface area contributed by atoms with Crippen LogP contribution in [-0.2, 0) is 21.4 Å². The molecule has 11 heteroatoms. The Labute approximate surface area is 202 Å². The van der Waals surface area contributed by atoms with E-state index in [9.17, 15) is 26.4 Å². The Hall–Kier alpha value is -2.95. The van der Waals surface area contributed by atoms with Crippen LogP contribution in [0, 0.1) is 0 Å². The second-order valence-electron chi connectivity index (χ2n) is 8.63. The molecule has 0 aliphatic carbocycles. The van der Waals surface area contributed by atoms with Crippen LogP contribution in [0.15, 0.2) is 36.4 Å². The molecule has 0 aromatic heterocycles. The molecule has 0 saturated carbocycles. The first-order chi connectivity index (χ1) is 16.3. The van der Waals surface area contributed by atoms with E-state index in [0.717, 1.165) is 18.4 Å². The number of carbonyl (C=O) groups is 1. The van der Waals surface area contributed by atoms with Crippen LogP contribution in [0.25, 0.3) is 0 Å². The van der Waals surface area contributed by atoms with Gasteiger partial charge in [0.25, 0.3) is 5.91 Å². The maximum Gasteiger partial charge on any atom is 0.416 e. The molecule has 0 N–H and O–H groups in total. The van der Waals surface area contributed by atoms with Gasteiger partial charge in [-0.2, -0.15) is 13.2 Å². The first-order valence-electron chi connectivity index (χ1n) is 10.8. The highest BCUT2D eigenvalue weighted by Gasteiger charge is 2.42. The summed E-state index contributed by atoms with van der Waals surface area (Å²) in [6.07, 6.45) is -2.79. The molecule has 1 aliphatic rings. The van der Waals surface area contributed by atoms with Crippen molar-refractivity contribution in [3.05, 3.63) is 53.1 Å². The highest BCUT2D eigenvalue weighted by atomic mass is 32.2. The summed E-state index contributed by atoms with van der Waals surface area (Å²) in [5.41, 5.74) is -0.744. The van der Waals surface area contributed by atoms with E-state index in [4.69, 9.17) is 14.2 Å². The van der Waals surface area contributed by atoms with Gasteiger partial charge in [-0.1, -0.05) is 12.1 Å². The van der Waals surface area contributed by atoms with Crippen LogP contribution in [0.3, 0.4) is 0 Å². The van der Waals surface area contributed by atoms with E-state index >= 15 is 0 Å². The largest absolute Gasteiger partial charge is 0.493 e. The Kier molecular flexibility index (Phi) is 7.59. The summed E-state index contributed by atoms with van der Waals surface area (Å²) in [4.78, 5) is 15.0. The standard InChI is InChI=1S/C24H28F3NO6S/c1-32-19-13-16(14-20(33-2)21(19)34-3)22(29)28-11-9-23(15-28,10-12-35(4,30)31)17-5-7-18(8-6-17)24(25,26)27/h5-8,13-14H,9-12,15H2,1-4H3. The predicted molar refractivity (Wildman–Crippen MR) is 124 cm³/mol. The van der Waals surface area contributed by atoms with Crippen molar-refractivity contribution in [2.45, 2.75) is 24.4 Å². The van der Waals surface area contributed by atoms with Crippen molar-refractivity contribution in [1.29, 1.82) is 0 Å². The van der Waals surface area contributed by atoms with Crippen molar-refractivity contribution in [2.24, 2.45) is 0 Å². The minimum Gasteiger partial charge on any atom is -0.493 e. The summed E-state index contributed by atoms with van der Waals surface area (Å²) < 4.78 is 79.0. The van der Waals surface area contributed by atoms with Crippen molar-refractivity contribution in [3.63, 3.8) is 0 Å². The third kappa shape index (κ3) is 5.83. The smallest absolute Gasteiger partial charge is 0.416 e. The number of hydrogen-bond donors (Lipinski definition) is 0. The van der Waals surface area contributed by atoms with Crippen LogP contribution < -0.4 is 14.2 Å². The Morgan fingerprint density at radius 2 is 1.60 bits per heavy atom. The third-order valence-electron chi connectivity index (χ3n) is 6.33. The van der Waals surface area contributed by atoms with Gasteiger partial charge in [0.2, 0.25) is 5.75 Å². The fourth-order valence-electron chi connectivity index (χ4n) is 4.41. The van der Waals surface area contributed by atoms with Crippen LogP contribution in [-0.4, -0.2) is 65.7 Å². The fourth-order valence-corrected chi connectivity index (χ4v) is 5.17. The number of halogens is 3. The van der Waals surface area contributed by atoms with Gasteiger partial charge in [0.1, 0.15) is 9.84 Å². The number of sulfone groups is 1. The average Bonchev–Trinajstić information content (AvgIpc) is 3.26. The molecule has 0 bridgehead atoms. The summed E-state index contributed by atoms with van der Waals surface area (Å²) in [5.74, 6) is 0.457. The molecule has 1 fully saturated rings. The molecule has 1 unspecified atom stereocenters. The summed E-state index contributed by atoms with van der Waals surface area (Å²) >= 11 is 0. The molecule has 3 rings (SSSR count). The number of methoxy groups -OCH3 is 3. The van der Waals surface area contributed by atoms with E-state index in [1.807, 2.05) is 0 Å². The number of hydrogen-bond acceptors (Lipinski definition) is 6. The van der Waals surface area contributed by atoms with E-state index in [1.165, 1.54) is 45.6 Å². The summed E-state index contributed by atoms with van der Waals surface area (Å²) in [6.45, 7) is 0.462. The van der Waals surface area contributed by atoms with Gasteiger partial charge in [-0.25, -0.2) is 8.42 Å². The molecule has 1 saturated heterocycles. The van der Waals surface area contributed by atoms with Crippen molar-refractivity contribution in [1.82, 2.24) is 4.90 Å². The second kappa shape index (κ2) is 9.96. The van der Waals surface area contributed by atoms with E-state index in [1.54, 1.807) is 4.90 Å². The zero-order chi connectivity index (χ0) is 26.0. The summed E-state index contributed by atoms with van der Waals surface area (Å²) in [7, 11) is 0.977. The zero-order valence-corrected chi connectivity index (χ0v) is 20.8. The van der Waals surface area contributed by atoms with Crippen LogP contribution in [0.4, 0.5) is 13.2 Å². The summed E-state index contributed by atoms with van der Waals surface area (Å²) in [6, 6.07) is 7.77. The molecule has 0 spiro atoms. The number of alkyl halides is 3. The van der Waals surface area contributed by atoms with Crippen LogP contribution in [0.5, 0.6) is 17.2 Å². The van der Waals surface area contributed by atoms with E-state index in [0.29, 0.717) is 35.8 Å². The van der Waals surface area contributed by atoms with E-state index < -0.39 is 27.0 Å². The van der Waals surface area contributed by atoms with Crippen LogP contribution in [0.2, 0.25) is 0 Å². The molecule has 1 heterocycles. The maximum atomic E-state index is 13.4. The lowest BCUT2D eigenvalue weighted by molar-refractivity contribution is -0.137. The number of likely N-dealkylation sites (tertiary alicyclic amines) is 1. The second-order valence-corrected chi connectivity index (χ2v) is 10.9. The minimum absolute atomic E-state index is 0.153. The molecule has 1 amide bonds. The lowest BCUT2D eigenvalue weighted by atomic mass is 9.77. The zero-order valence-electron chi connectivity index (χ0n) is 19.9. The van der Waals surface area contributed by atoms with Crippen LogP contribution >= 0.6 is 0 Å². The molecule has 7 nitrogen and oxygen atoms in total. The van der Waals surface area contributed by atoms with E-state index in [-0.39, 0.29) is 30.2 Å². The Bertz CT molecular complexity index is 1160. The van der Waals surface area contributed by atoms with Gasteiger partial charge in [-0.05, 0) is 42.7 Å². The third-order valence-corrected chi connectivity index (χ3v) is 7.27. The van der Waals surface area contributed by atoms with Crippen LogP contribution in [0.1, 0.15) is 34.3 Å². The monoisotopic (exact) mass is 515 g/mol. The Morgan fingerprint density at radius 3 is 2.06 bits per heavy atom. The quantitative estimate of drug-likeness (QED) is 0.530. The molecule has 1 atom stereocenters. The fraction of sp³-hybridized carbons (Fsp3) is 0.458. The minimum atomic E-state index is -4.48. The van der Waals surface area contributed by atoms with Gasteiger partial charge in [0, 0.05) is 30.3 Å². The normalized spacial score (nSPS) is 18.4. The van der Waals surface area contributed by atoms with E-state index in [2.05, 4.69) is 0 Å².